The van der Waals surface area contributed by atoms with Crippen LogP contribution in [-0.2, 0) is 5.75 Å². The van der Waals surface area contributed by atoms with Gasteiger partial charge in [0.15, 0.2) is 0 Å². The SMILES string of the molecule is Clc1cccc(-c2noc(CSc3nnc(-c4cccc(Cl)c4)o3)n2)c1. The Hall–Kier alpha value is -2.35. The lowest BCUT2D eigenvalue weighted by atomic mass is 10.2. The van der Waals surface area contributed by atoms with E-state index in [1.165, 1.54) is 11.8 Å². The normalized spacial score (nSPS) is 11.0. The summed E-state index contributed by atoms with van der Waals surface area (Å²) in [5, 5.41) is 13.6. The first-order valence-electron chi connectivity index (χ1n) is 7.48. The van der Waals surface area contributed by atoms with Crippen LogP contribution >= 0.6 is 35.0 Å². The standard InChI is InChI=1S/C17H10Cl2N4O2S/c18-12-5-1-3-10(7-12)15-20-14(25-23-15)9-26-17-22-21-16(24-17)11-4-2-6-13(19)8-11/h1-8H,9H2. The molecule has 9 heteroatoms. The number of thioether (sulfide) groups is 1. The van der Waals surface area contributed by atoms with Crippen LogP contribution in [0.1, 0.15) is 5.89 Å². The van der Waals surface area contributed by atoms with Gasteiger partial charge in [0.1, 0.15) is 0 Å². The summed E-state index contributed by atoms with van der Waals surface area (Å²) in [6.45, 7) is 0. The van der Waals surface area contributed by atoms with E-state index in [2.05, 4.69) is 20.3 Å². The zero-order valence-electron chi connectivity index (χ0n) is 13.1. The summed E-state index contributed by atoms with van der Waals surface area (Å²) < 4.78 is 10.9. The molecule has 0 bridgehead atoms. The fourth-order valence-corrected chi connectivity index (χ4v) is 3.17. The van der Waals surface area contributed by atoms with E-state index < -0.39 is 0 Å². The van der Waals surface area contributed by atoms with Gasteiger partial charge in [-0.25, -0.2) is 0 Å². The van der Waals surface area contributed by atoms with E-state index in [-0.39, 0.29) is 0 Å². The van der Waals surface area contributed by atoms with Crippen molar-refractivity contribution in [3.8, 4) is 22.8 Å². The van der Waals surface area contributed by atoms with Crippen LogP contribution in [-0.4, -0.2) is 20.3 Å². The van der Waals surface area contributed by atoms with Gasteiger partial charge in [-0.3, -0.25) is 0 Å². The Labute approximate surface area is 162 Å². The van der Waals surface area contributed by atoms with Crippen molar-refractivity contribution in [3.05, 3.63) is 64.5 Å². The number of aromatic nitrogens is 4. The van der Waals surface area contributed by atoms with E-state index in [1.54, 1.807) is 24.3 Å². The highest BCUT2D eigenvalue weighted by Crippen LogP contribution is 2.27. The van der Waals surface area contributed by atoms with Crippen LogP contribution in [0.4, 0.5) is 0 Å². The first kappa shape index (κ1) is 17.1. The second kappa shape index (κ2) is 7.49. The quantitative estimate of drug-likeness (QED) is 0.412. The molecule has 2 aromatic carbocycles. The van der Waals surface area contributed by atoms with Crippen molar-refractivity contribution in [2.45, 2.75) is 11.0 Å². The third kappa shape index (κ3) is 3.90. The van der Waals surface area contributed by atoms with Gasteiger partial charge in [-0.2, -0.15) is 4.98 Å². The van der Waals surface area contributed by atoms with Crippen molar-refractivity contribution in [3.63, 3.8) is 0 Å². The number of benzene rings is 2. The van der Waals surface area contributed by atoms with Gasteiger partial charge in [-0.05, 0) is 30.3 Å². The summed E-state index contributed by atoms with van der Waals surface area (Å²) in [6.07, 6.45) is 0. The molecule has 130 valence electrons. The minimum Gasteiger partial charge on any atom is -0.411 e. The van der Waals surface area contributed by atoms with E-state index in [0.29, 0.717) is 38.6 Å². The van der Waals surface area contributed by atoms with Crippen molar-refractivity contribution in [1.82, 2.24) is 20.3 Å². The van der Waals surface area contributed by atoms with Crippen LogP contribution < -0.4 is 0 Å². The molecule has 26 heavy (non-hydrogen) atoms. The van der Waals surface area contributed by atoms with E-state index in [0.717, 1.165) is 11.1 Å². The highest BCUT2D eigenvalue weighted by Gasteiger charge is 2.13. The van der Waals surface area contributed by atoms with Crippen LogP contribution in [0.5, 0.6) is 0 Å². The topological polar surface area (TPSA) is 77.8 Å². The summed E-state index contributed by atoms with van der Waals surface area (Å²) in [5.74, 6) is 1.74. The molecule has 0 atom stereocenters. The first-order chi connectivity index (χ1) is 12.7. The number of hydrogen-bond acceptors (Lipinski definition) is 7. The van der Waals surface area contributed by atoms with Crippen LogP contribution in [0, 0.1) is 0 Å². The molecule has 0 radical (unpaired) electrons. The van der Waals surface area contributed by atoms with Crippen molar-refractivity contribution in [2.24, 2.45) is 0 Å². The Balaban J connectivity index is 1.44. The molecule has 0 unspecified atom stereocenters. The van der Waals surface area contributed by atoms with Crippen molar-refractivity contribution < 1.29 is 8.94 Å². The highest BCUT2D eigenvalue weighted by molar-refractivity contribution is 7.98. The lowest BCUT2D eigenvalue weighted by Gasteiger charge is -1.95. The van der Waals surface area contributed by atoms with Gasteiger partial charge in [0, 0.05) is 21.2 Å². The fraction of sp³-hybridized carbons (Fsp3) is 0.0588. The van der Waals surface area contributed by atoms with Crippen molar-refractivity contribution in [2.75, 3.05) is 0 Å². The average molecular weight is 405 g/mol. The lowest BCUT2D eigenvalue weighted by Crippen LogP contribution is -1.83. The molecule has 0 N–H and O–H groups in total. The van der Waals surface area contributed by atoms with Gasteiger partial charge in [-0.15, -0.1) is 10.2 Å². The predicted octanol–water partition coefficient (Wildman–Crippen LogP) is 5.39. The van der Waals surface area contributed by atoms with Gasteiger partial charge in [0.05, 0.1) is 5.75 Å². The molecule has 0 saturated heterocycles. The smallest absolute Gasteiger partial charge is 0.277 e. The zero-order chi connectivity index (χ0) is 17.9. The largest absolute Gasteiger partial charge is 0.411 e. The van der Waals surface area contributed by atoms with Crippen LogP contribution in [0.25, 0.3) is 22.8 Å². The molecule has 0 spiro atoms. The van der Waals surface area contributed by atoms with Gasteiger partial charge in [0.2, 0.25) is 17.6 Å². The Morgan fingerprint density at radius 1 is 0.923 bits per heavy atom. The molecule has 0 amide bonds. The molecular weight excluding hydrogens is 395 g/mol. The van der Waals surface area contributed by atoms with Crippen molar-refractivity contribution >= 4 is 35.0 Å². The molecule has 0 aliphatic carbocycles. The molecule has 0 aliphatic rings. The van der Waals surface area contributed by atoms with Gasteiger partial charge in [-0.1, -0.05) is 58.3 Å². The van der Waals surface area contributed by atoms with Crippen LogP contribution in [0.3, 0.4) is 0 Å². The van der Waals surface area contributed by atoms with Crippen LogP contribution in [0.15, 0.2) is 62.7 Å². The molecule has 0 aliphatic heterocycles. The summed E-state index contributed by atoms with van der Waals surface area (Å²) in [6, 6.07) is 14.5. The molecule has 2 heterocycles. The monoisotopic (exact) mass is 404 g/mol. The molecule has 4 aromatic rings. The Morgan fingerprint density at radius 3 is 2.42 bits per heavy atom. The minimum absolute atomic E-state index is 0.403. The van der Waals surface area contributed by atoms with Gasteiger partial charge < -0.3 is 8.94 Å². The molecule has 6 nitrogen and oxygen atoms in total. The van der Waals surface area contributed by atoms with E-state index in [4.69, 9.17) is 32.1 Å². The Morgan fingerprint density at radius 2 is 1.65 bits per heavy atom. The zero-order valence-corrected chi connectivity index (χ0v) is 15.4. The third-order valence-electron chi connectivity index (χ3n) is 3.35. The maximum absolute atomic E-state index is 5.98. The number of hydrogen-bond donors (Lipinski definition) is 0. The number of halogens is 2. The van der Waals surface area contributed by atoms with Crippen molar-refractivity contribution in [1.29, 1.82) is 0 Å². The first-order valence-corrected chi connectivity index (χ1v) is 9.22. The predicted molar refractivity (Wildman–Crippen MR) is 99.0 cm³/mol. The van der Waals surface area contributed by atoms with Gasteiger partial charge in [0.25, 0.3) is 5.22 Å². The van der Waals surface area contributed by atoms with Crippen LogP contribution in [0.2, 0.25) is 10.0 Å². The fourth-order valence-electron chi connectivity index (χ4n) is 2.19. The van der Waals surface area contributed by atoms with Gasteiger partial charge >= 0.3 is 0 Å². The van der Waals surface area contributed by atoms with E-state index >= 15 is 0 Å². The minimum atomic E-state index is 0.403. The highest BCUT2D eigenvalue weighted by atomic mass is 35.5. The molecule has 0 saturated carbocycles. The molecule has 0 fully saturated rings. The summed E-state index contributed by atoms with van der Waals surface area (Å²) >= 11 is 13.3. The molecule has 2 aromatic heterocycles. The lowest BCUT2D eigenvalue weighted by molar-refractivity contribution is 0.391. The number of nitrogens with zero attached hydrogens (tertiary/aromatic N) is 4. The number of rotatable bonds is 5. The summed E-state index contributed by atoms with van der Waals surface area (Å²) in [4.78, 5) is 4.35. The second-order valence-corrected chi connectivity index (χ2v) is 6.99. The van der Waals surface area contributed by atoms with E-state index in [9.17, 15) is 0 Å². The maximum atomic E-state index is 5.98. The third-order valence-corrected chi connectivity index (χ3v) is 4.62. The maximum Gasteiger partial charge on any atom is 0.277 e. The van der Waals surface area contributed by atoms with E-state index in [1.807, 2.05) is 24.3 Å². The summed E-state index contributed by atoms with van der Waals surface area (Å²) in [5.41, 5.74) is 1.55. The second-order valence-electron chi connectivity index (χ2n) is 5.19. The Kier molecular flexibility index (Phi) is 4.92. The average Bonchev–Trinajstić information content (AvgIpc) is 3.30. The Bertz CT molecular complexity index is 967. The molecule has 4 rings (SSSR count). The summed E-state index contributed by atoms with van der Waals surface area (Å²) in [7, 11) is 0. The molecular formula is C17H10Cl2N4O2S.